The molecule has 0 spiro atoms. The Balaban J connectivity index is 2.78. The highest BCUT2D eigenvalue weighted by Gasteiger charge is 2.10. The van der Waals surface area contributed by atoms with Crippen LogP contribution in [-0.2, 0) is 11.3 Å². The number of hydrogen-bond donors (Lipinski definition) is 0. The van der Waals surface area contributed by atoms with Gasteiger partial charge in [0.15, 0.2) is 0 Å². The lowest BCUT2D eigenvalue weighted by atomic mass is 10.2. The molecule has 0 aliphatic carbocycles. The topological polar surface area (TPSA) is 52.0 Å². The number of Topliss-reactive ketones (excluding diaryl/α,β-unsaturated/α-hetero) is 1. The van der Waals surface area contributed by atoms with Crippen LogP contribution in [0, 0.1) is 0 Å². The zero-order valence-electron chi connectivity index (χ0n) is 8.91. The van der Waals surface area contributed by atoms with Crippen LogP contribution in [0.2, 0.25) is 10.3 Å². The van der Waals surface area contributed by atoms with Crippen LogP contribution in [0.3, 0.4) is 0 Å². The fraction of sp³-hybridized carbons (Fsp3) is 0.182. The molecular weight excluding hydrogens is 263 g/mol. The summed E-state index contributed by atoms with van der Waals surface area (Å²) in [6.07, 6.45) is 0. The van der Waals surface area contributed by atoms with Crippen molar-refractivity contribution in [1.82, 2.24) is 9.55 Å². The van der Waals surface area contributed by atoms with Crippen LogP contribution in [0.25, 0.3) is 10.9 Å². The van der Waals surface area contributed by atoms with Crippen LogP contribution in [0.4, 0.5) is 0 Å². The summed E-state index contributed by atoms with van der Waals surface area (Å²) >= 11 is 11.7. The third kappa shape index (κ3) is 2.33. The number of ketones is 1. The first kappa shape index (κ1) is 12.1. The Morgan fingerprint density at radius 2 is 2.12 bits per heavy atom. The van der Waals surface area contributed by atoms with Gasteiger partial charge >= 0.3 is 0 Å². The minimum absolute atomic E-state index is 0.0000208. The third-order valence-corrected chi connectivity index (χ3v) is 2.77. The van der Waals surface area contributed by atoms with Gasteiger partial charge in [-0.25, -0.2) is 4.98 Å². The minimum atomic E-state index is -0.363. The highest BCUT2D eigenvalue weighted by Crippen LogP contribution is 2.16. The first-order valence-electron chi connectivity index (χ1n) is 4.84. The Kier molecular flexibility index (Phi) is 3.17. The van der Waals surface area contributed by atoms with Gasteiger partial charge in [0, 0.05) is 5.02 Å². The second kappa shape index (κ2) is 4.47. The minimum Gasteiger partial charge on any atom is -0.298 e. The van der Waals surface area contributed by atoms with Crippen molar-refractivity contribution in [2.24, 2.45) is 0 Å². The van der Waals surface area contributed by atoms with Crippen molar-refractivity contribution in [3.8, 4) is 0 Å². The van der Waals surface area contributed by atoms with Gasteiger partial charge in [-0.1, -0.05) is 11.6 Å². The summed E-state index contributed by atoms with van der Waals surface area (Å²) in [7, 11) is 0. The van der Waals surface area contributed by atoms with Crippen molar-refractivity contribution in [2.45, 2.75) is 13.5 Å². The quantitative estimate of drug-likeness (QED) is 0.787. The molecule has 17 heavy (non-hydrogen) atoms. The van der Waals surface area contributed by atoms with Gasteiger partial charge in [-0.2, -0.15) is 0 Å². The van der Waals surface area contributed by atoms with E-state index in [1.807, 2.05) is 0 Å². The summed E-state index contributed by atoms with van der Waals surface area (Å²) in [4.78, 5) is 27.2. The van der Waals surface area contributed by atoms with Gasteiger partial charge in [-0.3, -0.25) is 14.2 Å². The number of aromatic nitrogens is 2. The summed E-state index contributed by atoms with van der Waals surface area (Å²) in [5.74, 6) is -0.169. The first-order valence-corrected chi connectivity index (χ1v) is 5.59. The van der Waals surface area contributed by atoms with Gasteiger partial charge in [0.05, 0.1) is 17.4 Å². The van der Waals surface area contributed by atoms with E-state index in [9.17, 15) is 9.59 Å². The summed E-state index contributed by atoms with van der Waals surface area (Å²) in [5, 5.41) is 0.788. The molecule has 0 saturated carbocycles. The lowest BCUT2D eigenvalue weighted by Gasteiger charge is -2.07. The highest BCUT2D eigenvalue weighted by molar-refractivity contribution is 6.31. The highest BCUT2D eigenvalue weighted by atomic mass is 35.5. The van der Waals surface area contributed by atoms with Gasteiger partial charge in [0.25, 0.3) is 5.56 Å². The molecular formula is C11H8Cl2N2O2. The molecule has 2 rings (SSSR count). The number of benzene rings is 1. The molecule has 0 aliphatic rings. The first-order chi connectivity index (χ1) is 7.99. The van der Waals surface area contributed by atoms with Gasteiger partial charge in [-0.05, 0) is 36.7 Å². The van der Waals surface area contributed by atoms with E-state index < -0.39 is 0 Å². The third-order valence-electron chi connectivity index (χ3n) is 2.25. The largest absolute Gasteiger partial charge is 0.298 e. The Bertz CT molecular complexity index is 664. The maximum atomic E-state index is 12.1. The Morgan fingerprint density at radius 1 is 1.41 bits per heavy atom. The van der Waals surface area contributed by atoms with Crippen LogP contribution in [0.15, 0.2) is 23.0 Å². The molecule has 0 amide bonds. The van der Waals surface area contributed by atoms with Crippen molar-refractivity contribution in [3.05, 3.63) is 38.9 Å². The Labute approximate surface area is 107 Å². The molecule has 2 aromatic rings. The number of fused-ring (bicyclic) bond motifs is 1. The molecule has 6 heteroatoms. The van der Waals surface area contributed by atoms with Crippen molar-refractivity contribution in [1.29, 1.82) is 0 Å². The number of halogens is 2. The summed E-state index contributed by atoms with van der Waals surface area (Å²) in [5.41, 5.74) is 0.0990. The van der Waals surface area contributed by atoms with E-state index in [0.717, 1.165) is 4.57 Å². The standard InChI is InChI=1S/C11H8Cl2N2O2/c1-6(16)5-15-10(17)8-4-7(12)2-3-9(8)14-11(15)13/h2-4H,5H2,1H3. The zero-order valence-corrected chi connectivity index (χ0v) is 10.4. The van der Waals surface area contributed by atoms with E-state index in [4.69, 9.17) is 23.2 Å². The molecule has 0 bridgehead atoms. The monoisotopic (exact) mass is 270 g/mol. The van der Waals surface area contributed by atoms with Crippen LogP contribution >= 0.6 is 23.2 Å². The number of carbonyl (C=O) groups excluding carboxylic acids is 1. The number of carbonyl (C=O) groups is 1. The molecule has 0 aliphatic heterocycles. The number of hydrogen-bond acceptors (Lipinski definition) is 3. The van der Waals surface area contributed by atoms with Crippen molar-refractivity contribution >= 4 is 39.9 Å². The van der Waals surface area contributed by atoms with Crippen molar-refractivity contribution < 1.29 is 4.79 Å². The summed E-state index contributed by atoms with van der Waals surface area (Å²) in [6.45, 7) is 1.29. The number of rotatable bonds is 2. The lowest BCUT2D eigenvalue weighted by molar-refractivity contribution is -0.117. The molecule has 0 fully saturated rings. The van der Waals surface area contributed by atoms with Gasteiger partial charge in [-0.15, -0.1) is 0 Å². The van der Waals surface area contributed by atoms with Crippen molar-refractivity contribution in [2.75, 3.05) is 0 Å². The van der Waals surface area contributed by atoms with E-state index in [-0.39, 0.29) is 23.2 Å². The van der Waals surface area contributed by atoms with E-state index in [0.29, 0.717) is 15.9 Å². The average Bonchev–Trinajstić information content (AvgIpc) is 2.25. The molecule has 1 aromatic heterocycles. The molecule has 4 nitrogen and oxygen atoms in total. The molecule has 0 atom stereocenters. The van der Waals surface area contributed by atoms with Crippen LogP contribution in [0.5, 0.6) is 0 Å². The van der Waals surface area contributed by atoms with Crippen LogP contribution < -0.4 is 5.56 Å². The smallest absolute Gasteiger partial charge is 0.262 e. The molecule has 0 unspecified atom stereocenters. The van der Waals surface area contributed by atoms with Gasteiger partial charge < -0.3 is 0 Å². The maximum absolute atomic E-state index is 12.1. The number of nitrogens with zero attached hydrogens (tertiary/aromatic N) is 2. The predicted octanol–water partition coefficient (Wildman–Crippen LogP) is 2.29. The van der Waals surface area contributed by atoms with E-state index in [1.165, 1.54) is 13.0 Å². The Hall–Kier alpha value is -1.39. The SMILES string of the molecule is CC(=O)Cn1c(Cl)nc2ccc(Cl)cc2c1=O. The fourth-order valence-electron chi connectivity index (χ4n) is 1.53. The molecule has 1 heterocycles. The lowest BCUT2D eigenvalue weighted by Crippen LogP contribution is -2.25. The van der Waals surface area contributed by atoms with Gasteiger partial charge in [0.2, 0.25) is 5.28 Å². The second-order valence-electron chi connectivity index (χ2n) is 3.64. The summed E-state index contributed by atoms with van der Waals surface area (Å²) < 4.78 is 1.13. The predicted molar refractivity (Wildman–Crippen MR) is 66.7 cm³/mol. The van der Waals surface area contributed by atoms with Gasteiger partial charge in [0.1, 0.15) is 5.78 Å². The summed E-state index contributed by atoms with van der Waals surface area (Å²) in [6, 6.07) is 4.75. The molecule has 0 radical (unpaired) electrons. The van der Waals surface area contributed by atoms with Crippen LogP contribution in [0.1, 0.15) is 6.92 Å². The van der Waals surface area contributed by atoms with Crippen molar-refractivity contribution in [3.63, 3.8) is 0 Å². The van der Waals surface area contributed by atoms with E-state index >= 15 is 0 Å². The fourth-order valence-corrected chi connectivity index (χ4v) is 1.93. The normalized spacial score (nSPS) is 10.8. The van der Waals surface area contributed by atoms with E-state index in [2.05, 4.69) is 4.98 Å². The Morgan fingerprint density at radius 3 is 2.76 bits per heavy atom. The average molecular weight is 271 g/mol. The second-order valence-corrected chi connectivity index (χ2v) is 4.41. The zero-order chi connectivity index (χ0) is 12.6. The molecule has 1 aromatic carbocycles. The molecule has 88 valence electrons. The maximum Gasteiger partial charge on any atom is 0.262 e. The van der Waals surface area contributed by atoms with Crippen LogP contribution in [-0.4, -0.2) is 15.3 Å². The molecule has 0 saturated heterocycles. The molecule has 0 N–H and O–H groups in total. The van der Waals surface area contributed by atoms with E-state index in [1.54, 1.807) is 12.1 Å².